The van der Waals surface area contributed by atoms with E-state index >= 15 is 0 Å². The number of anilines is 4. The Morgan fingerprint density at radius 1 is 1.26 bits per heavy atom. The maximum atomic E-state index is 14.9. The highest BCUT2D eigenvalue weighted by Gasteiger charge is 2.48. The first-order valence-electron chi connectivity index (χ1n) is 13.3. The van der Waals surface area contributed by atoms with E-state index in [1.54, 1.807) is 25.1 Å². The van der Waals surface area contributed by atoms with Crippen molar-refractivity contribution < 1.29 is 27.8 Å². The number of pyridine rings is 1. The van der Waals surface area contributed by atoms with Crippen molar-refractivity contribution in [3.63, 3.8) is 0 Å². The molecule has 0 bridgehead atoms. The van der Waals surface area contributed by atoms with Gasteiger partial charge >= 0.3 is 0 Å². The second kappa shape index (κ2) is 11.1. The van der Waals surface area contributed by atoms with Crippen LogP contribution in [0.1, 0.15) is 38.7 Å². The lowest BCUT2D eigenvalue weighted by molar-refractivity contribution is -0.170. The van der Waals surface area contributed by atoms with Gasteiger partial charge in [-0.05, 0) is 51.0 Å². The number of ether oxygens (including phenoxy) is 3. The quantitative estimate of drug-likeness (QED) is 0.578. The molecule has 2 unspecified atom stereocenters. The Kier molecular flexibility index (Phi) is 7.83. The first-order valence-corrected chi connectivity index (χ1v) is 13.3. The summed E-state index contributed by atoms with van der Waals surface area (Å²) in [5.41, 5.74) is 3.13. The van der Waals surface area contributed by atoms with Crippen LogP contribution in [0.15, 0.2) is 36.5 Å². The van der Waals surface area contributed by atoms with E-state index in [2.05, 4.69) is 15.2 Å². The average molecular weight is 531 g/mol. The molecule has 3 aliphatic rings. The fraction of sp³-hybridized carbons (Fsp3) is 0.571. The molecule has 1 aromatic carbocycles. The molecule has 0 radical (unpaired) electrons. The Labute approximate surface area is 222 Å². The molecule has 1 amide bonds. The molecule has 8 nitrogen and oxygen atoms in total. The van der Waals surface area contributed by atoms with Gasteiger partial charge in [0.2, 0.25) is 5.91 Å². The lowest BCUT2D eigenvalue weighted by atomic mass is 9.83. The van der Waals surface area contributed by atoms with Crippen LogP contribution in [0.25, 0.3) is 0 Å². The number of amides is 1. The van der Waals surface area contributed by atoms with Crippen molar-refractivity contribution in [2.24, 2.45) is 5.92 Å². The molecule has 2 fully saturated rings. The molecule has 4 atom stereocenters. The van der Waals surface area contributed by atoms with Crippen LogP contribution >= 0.6 is 0 Å². The molecule has 3 heterocycles. The van der Waals surface area contributed by atoms with Crippen molar-refractivity contribution in [3.8, 4) is 0 Å². The molecular weight excluding hydrogens is 494 g/mol. The maximum Gasteiger partial charge on any atom is 0.274 e. The van der Waals surface area contributed by atoms with Gasteiger partial charge in [0.05, 0.1) is 36.7 Å². The zero-order valence-corrected chi connectivity index (χ0v) is 22.2. The second-order valence-electron chi connectivity index (χ2n) is 10.4. The van der Waals surface area contributed by atoms with Crippen molar-refractivity contribution >= 4 is 28.8 Å². The summed E-state index contributed by atoms with van der Waals surface area (Å²) >= 11 is 0. The van der Waals surface area contributed by atoms with Gasteiger partial charge in [-0.25, -0.2) is 13.8 Å². The highest BCUT2D eigenvalue weighted by atomic mass is 19.3. The minimum absolute atomic E-state index is 0.00906. The molecule has 1 aliphatic carbocycles. The fourth-order valence-electron chi connectivity index (χ4n) is 5.80. The lowest BCUT2D eigenvalue weighted by Crippen LogP contribution is -2.48. The van der Waals surface area contributed by atoms with Crippen LogP contribution in [0.3, 0.4) is 0 Å². The first kappa shape index (κ1) is 26.8. The van der Waals surface area contributed by atoms with Crippen molar-refractivity contribution in [1.82, 2.24) is 4.98 Å². The molecule has 2 aliphatic heterocycles. The average Bonchev–Trinajstić information content (AvgIpc) is 3.05. The Bertz CT molecular complexity index is 1150. The number of aromatic nitrogens is 1. The van der Waals surface area contributed by atoms with Gasteiger partial charge in [0, 0.05) is 56.6 Å². The molecular formula is C28H36F2N4O4. The van der Waals surface area contributed by atoms with Crippen molar-refractivity contribution in [2.45, 2.75) is 63.9 Å². The summed E-state index contributed by atoms with van der Waals surface area (Å²) in [6.45, 7) is 6.03. The summed E-state index contributed by atoms with van der Waals surface area (Å²) in [6, 6.07) is 9.63. The van der Waals surface area contributed by atoms with Crippen molar-refractivity contribution in [2.75, 3.05) is 48.5 Å². The molecule has 38 heavy (non-hydrogen) atoms. The van der Waals surface area contributed by atoms with E-state index in [0.29, 0.717) is 43.3 Å². The number of fused-ring (bicyclic) bond motifs is 2. The van der Waals surface area contributed by atoms with Gasteiger partial charge in [0.1, 0.15) is 11.9 Å². The molecule has 5 rings (SSSR count). The van der Waals surface area contributed by atoms with Gasteiger partial charge in [-0.3, -0.25) is 4.79 Å². The Hall–Kier alpha value is -2.82. The van der Waals surface area contributed by atoms with Crippen LogP contribution in [0, 0.1) is 5.92 Å². The molecule has 1 N–H and O–H groups in total. The Morgan fingerprint density at radius 3 is 2.87 bits per heavy atom. The minimum atomic E-state index is -3.05. The fourth-order valence-corrected chi connectivity index (χ4v) is 5.80. The van der Waals surface area contributed by atoms with E-state index in [4.69, 9.17) is 14.2 Å². The molecule has 10 heteroatoms. The number of nitrogens with zero attached hydrogens (tertiary/aromatic N) is 3. The van der Waals surface area contributed by atoms with Crippen LogP contribution in [-0.4, -0.2) is 68.5 Å². The number of carbonyl (C=O) groups excluding carboxylic acids is 1. The standard InChI is InChI=1S/C28H36F2N4O4/c1-4-37-25-10-7-19(13-28(25,29)30)27(35)34-15-20-6-5-11-31-26(20)32-23-9-8-21(12-24(23)34)33-14-18(2)38-22(16-33)17-36-3/h5-6,8-9,11-12,18-19,22,25H,4,7,10,13-17H2,1-3H3,(H,31,32)/t18?,19-,22?,25+/m1/s1. The van der Waals surface area contributed by atoms with E-state index in [-0.39, 0.29) is 37.7 Å². The third-order valence-electron chi connectivity index (χ3n) is 7.54. The smallest absolute Gasteiger partial charge is 0.274 e. The van der Waals surface area contributed by atoms with E-state index in [1.165, 1.54) is 0 Å². The van der Waals surface area contributed by atoms with E-state index in [9.17, 15) is 13.6 Å². The number of rotatable bonds is 6. The third kappa shape index (κ3) is 5.48. The highest BCUT2D eigenvalue weighted by Crippen LogP contribution is 2.43. The van der Waals surface area contributed by atoms with Crippen LogP contribution in [0.2, 0.25) is 0 Å². The monoisotopic (exact) mass is 530 g/mol. The number of benzene rings is 1. The van der Waals surface area contributed by atoms with Crippen molar-refractivity contribution in [3.05, 3.63) is 42.1 Å². The Morgan fingerprint density at radius 2 is 2.11 bits per heavy atom. The zero-order chi connectivity index (χ0) is 26.9. The number of hydrogen-bond acceptors (Lipinski definition) is 7. The predicted octanol–water partition coefficient (Wildman–Crippen LogP) is 4.75. The van der Waals surface area contributed by atoms with Gasteiger partial charge in [-0.1, -0.05) is 6.07 Å². The van der Waals surface area contributed by atoms with Gasteiger partial charge in [-0.2, -0.15) is 0 Å². The van der Waals surface area contributed by atoms with E-state index in [1.807, 2.05) is 37.3 Å². The normalized spacial score (nSPS) is 26.7. The van der Waals surface area contributed by atoms with Gasteiger partial charge in [0.25, 0.3) is 5.92 Å². The summed E-state index contributed by atoms with van der Waals surface area (Å²) in [6.07, 6.45) is 0.477. The number of morpholine rings is 1. The maximum absolute atomic E-state index is 14.9. The first-order chi connectivity index (χ1) is 18.3. The van der Waals surface area contributed by atoms with Crippen LogP contribution < -0.4 is 15.1 Å². The largest absolute Gasteiger partial charge is 0.382 e. The van der Waals surface area contributed by atoms with E-state index in [0.717, 1.165) is 11.3 Å². The lowest BCUT2D eigenvalue weighted by Gasteiger charge is -2.39. The zero-order valence-electron chi connectivity index (χ0n) is 22.2. The number of nitrogens with one attached hydrogen (secondary N) is 1. The number of carbonyl (C=O) groups is 1. The van der Waals surface area contributed by atoms with Crippen LogP contribution in [0.4, 0.5) is 31.7 Å². The second-order valence-corrected chi connectivity index (χ2v) is 10.4. The number of alkyl halides is 2. The predicted molar refractivity (Wildman–Crippen MR) is 141 cm³/mol. The molecule has 1 saturated carbocycles. The molecule has 1 aromatic heterocycles. The van der Waals surface area contributed by atoms with Crippen LogP contribution in [-0.2, 0) is 25.5 Å². The topological polar surface area (TPSA) is 76.2 Å². The van der Waals surface area contributed by atoms with E-state index < -0.39 is 24.4 Å². The summed E-state index contributed by atoms with van der Waals surface area (Å²) in [4.78, 5) is 22.3. The molecule has 1 saturated heterocycles. The number of methoxy groups -OCH3 is 1. The van der Waals surface area contributed by atoms with Gasteiger partial charge < -0.3 is 29.3 Å². The van der Waals surface area contributed by atoms with Gasteiger partial charge in [-0.15, -0.1) is 0 Å². The molecule has 206 valence electrons. The Balaban J connectivity index is 1.47. The SMILES string of the molecule is CCO[C@H]1CC[C@@H](C(=O)N2Cc3cccnc3Nc3ccc(N4CC(C)OC(COC)C4)cc32)CC1(F)F. The van der Waals surface area contributed by atoms with Gasteiger partial charge in [0.15, 0.2) is 0 Å². The van der Waals surface area contributed by atoms with Crippen LogP contribution in [0.5, 0.6) is 0 Å². The summed E-state index contributed by atoms with van der Waals surface area (Å²) in [5, 5.41) is 3.36. The van der Waals surface area contributed by atoms with Crippen molar-refractivity contribution in [1.29, 1.82) is 0 Å². The summed E-state index contributed by atoms with van der Waals surface area (Å²) in [7, 11) is 1.65. The number of hydrogen-bond donors (Lipinski definition) is 1. The summed E-state index contributed by atoms with van der Waals surface area (Å²) < 4.78 is 46.5. The summed E-state index contributed by atoms with van der Waals surface area (Å²) in [5.74, 6) is -3.50. The number of halogens is 2. The highest BCUT2D eigenvalue weighted by molar-refractivity contribution is 6.00. The minimum Gasteiger partial charge on any atom is -0.382 e. The molecule has 2 aromatic rings. The third-order valence-corrected chi connectivity index (χ3v) is 7.54. The molecule has 0 spiro atoms.